The van der Waals surface area contributed by atoms with E-state index in [9.17, 15) is 4.79 Å². The van der Waals surface area contributed by atoms with Crippen LogP contribution in [0, 0.1) is 13.8 Å². The second-order valence-electron chi connectivity index (χ2n) is 10.0. The molecule has 2 aromatic heterocycles. The Kier molecular flexibility index (Phi) is 6.47. The van der Waals surface area contributed by atoms with E-state index in [4.69, 9.17) is 0 Å². The van der Waals surface area contributed by atoms with Crippen LogP contribution in [-0.4, -0.2) is 56.3 Å². The van der Waals surface area contributed by atoms with E-state index in [0.717, 1.165) is 48.2 Å². The van der Waals surface area contributed by atoms with Crippen LogP contribution in [0.4, 0.5) is 5.69 Å². The van der Waals surface area contributed by atoms with Gasteiger partial charge in [-0.2, -0.15) is 0 Å². The van der Waals surface area contributed by atoms with Gasteiger partial charge in [0.15, 0.2) is 5.82 Å². The largest absolute Gasteiger partial charge is 0.369 e. The van der Waals surface area contributed by atoms with Gasteiger partial charge in [0.05, 0.1) is 6.54 Å². The maximum absolute atomic E-state index is 13.6. The summed E-state index contributed by atoms with van der Waals surface area (Å²) in [7, 11) is 0. The van der Waals surface area contributed by atoms with Crippen molar-refractivity contribution in [3.8, 4) is 0 Å². The molecule has 1 atom stereocenters. The lowest BCUT2D eigenvalue weighted by molar-refractivity contribution is 0.200. The van der Waals surface area contributed by atoms with E-state index in [-0.39, 0.29) is 11.6 Å². The van der Waals surface area contributed by atoms with Gasteiger partial charge in [0, 0.05) is 42.9 Å². The monoisotopic (exact) mass is 505 g/mol. The number of hydrogen-bond donors (Lipinski definition) is 1. The zero-order chi connectivity index (χ0) is 26.1. The third-order valence-corrected chi connectivity index (χ3v) is 7.56. The fourth-order valence-corrected chi connectivity index (χ4v) is 5.35. The molecule has 1 aliphatic rings. The first-order valence-corrected chi connectivity index (χ1v) is 13.0. The van der Waals surface area contributed by atoms with Crippen molar-refractivity contribution in [3.63, 3.8) is 0 Å². The molecule has 0 radical (unpaired) electrons. The van der Waals surface area contributed by atoms with Crippen molar-refractivity contribution < 1.29 is 0 Å². The van der Waals surface area contributed by atoms with Crippen LogP contribution < -0.4 is 10.5 Å². The van der Waals surface area contributed by atoms with E-state index < -0.39 is 0 Å². The number of rotatable bonds is 6. The predicted octanol–water partition coefficient (Wildman–Crippen LogP) is 4.09. The molecule has 1 fully saturated rings. The normalized spacial score (nSPS) is 15.2. The van der Waals surface area contributed by atoms with Gasteiger partial charge >= 0.3 is 0 Å². The topological polar surface area (TPSA) is 82.9 Å². The third kappa shape index (κ3) is 4.70. The van der Waals surface area contributed by atoms with Crippen LogP contribution in [0.2, 0.25) is 0 Å². The first-order chi connectivity index (χ1) is 18.6. The number of piperazine rings is 1. The van der Waals surface area contributed by atoms with Crippen molar-refractivity contribution in [2.24, 2.45) is 0 Å². The number of para-hydroxylation sites is 1. The van der Waals surface area contributed by atoms with Gasteiger partial charge in [0.1, 0.15) is 6.04 Å². The van der Waals surface area contributed by atoms with Gasteiger partial charge in [-0.25, -0.2) is 4.68 Å². The molecule has 0 unspecified atom stereocenters. The van der Waals surface area contributed by atoms with E-state index in [2.05, 4.69) is 86.6 Å². The van der Waals surface area contributed by atoms with E-state index >= 15 is 0 Å². The maximum atomic E-state index is 13.6. The number of aromatic amines is 1. The molecule has 192 valence electrons. The van der Waals surface area contributed by atoms with Crippen LogP contribution in [0.5, 0.6) is 0 Å². The van der Waals surface area contributed by atoms with Crippen molar-refractivity contribution in [2.75, 3.05) is 31.1 Å². The Morgan fingerprint density at radius 3 is 2.29 bits per heavy atom. The fraction of sp³-hybridized carbons (Fsp3) is 0.267. The average molecular weight is 506 g/mol. The van der Waals surface area contributed by atoms with Gasteiger partial charge in [0.2, 0.25) is 0 Å². The molecule has 0 aliphatic carbocycles. The molecule has 1 aliphatic heterocycles. The van der Waals surface area contributed by atoms with Gasteiger partial charge < -0.3 is 9.88 Å². The van der Waals surface area contributed by atoms with Crippen LogP contribution in [0.25, 0.3) is 10.9 Å². The van der Waals surface area contributed by atoms with Gasteiger partial charge in [0.25, 0.3) is 5.56 Å². The highest BCUT2D eigenvalue weighted by Gasteiger charge is 2.32. The standard InChI is InChI=1S/C30H31N7O/c1-21-17-24-19-26(30(38)31-27(24)18-22(21)2)28(29-32-33-34-37(29)20-23-9-5-3-6-10-23)36-15-13-35(14-16-36)25-11-7-4-8-12-25/h3-12,17-19,28H,13-16,20H2,1-2H3,(H,31,38)/t28-/m0/s1. The average Bonchev–Trinajstić information content (AvgIpc) is 3.39. The summed E-state index contributed by atoms with van der Waals surface area (Å²) in [5.74, 6) is 0.677. The van der Waals surface area contributed by atoms with Crippen molar-refractivity contribution >= 4 is 16.6 Å². The molecule has 1 N–H and O–H groups in total. The Morgan fingerprint density at radius 1 is 0.868 bits per heavy atom. The molecule has 38 heavy (non-hydrogen) atoms. The molecule has 3 aromatic carbocycles. The Balaban J connectivity index is 1.41. The van der Waals surface area contributed by atoms with E-state index in [0.29, 0.717) is 17.9 Å². The minimum absolute atomic E-state index is 0.106. The number of benzene rings is 3. The summed E-state index contributed by atoms with van der Waals surface area (Å²) in [4.78, 5) is 21.5. The number of fused-ring (bicyclic) bond motifs is 1. The number of nitrogens with one attached hydrogen (secondary N) is 1. The van der Waals surface area contributed by atoms with E-state index in [1.165, 1.54) is 11.3 Å². The summed E-state index contributed by atoms with van der Waals surface area (Å²) in [5, 5.41) is 13.9. The van der Waals surface area contributed by atoms with E-state index in [1.807, 2.05) is 41.1 Å². The number of hydrogen-bond acceptors (Lipinski definition) is 6. The summed E-state index contributed by atoms with van der Waals surface area (Å²) in [6.07, 6.45) is 0. The second-order valence-corrected chi connectivity index (χ2v) is 10.0. The fourth-order valence-electron chi connectivity index (χ4n) is 5.35. The van der Waals surface area contributed by atoms with Crippen molar-refractivity contribution in [1.82, 2.24) is 30.1 Å². The van der Waals surface area contributed by atoms with Gasteiger partial charge in [-0.15, -0.1) is 5.10 Å². The van der Waals surface area contributed by atoms with Crippen molar-refractivity contribution in [3.05, 3.63) is 117 Å². The Bertz CT molecular complexity index is 1600. The number of nitrogens with zero attached hydrogens (tertiary/aromatic N) is 6. The summed E-state index contributed by atoms with van der Waals surface area (Å²) >= 11 is 0. The van der Waals surface area contributed by atoms with Crippen LogP contribution in [0.15, 0.2) is 83.7 Å². The van der Waals surface area contributed by atoms with Crippen molar-refractivity contribution in [2.45, 2.75) is 26.4 Å². The minimum atomic E-state index is -0.374. The van der Waals surface area contributed by atoms with Crippen molar-refractivity contribution in [1.29, 1.82) is 0 Å². The molecule has 5 aromatic rings. The third-order valence-electron chi connectivity index (χ3n) is 7.56. The zero-order valence-corrected chi connectivity index (χ0v) is 21.7. The summed E-state index contributed by atoms with van der Waals surface area (Å²) in [6.45, 7) is 7.96. The number of pyridine rings is 1. The number of aryl methyl sites for hydroxylation is 2. The molecule has 8 nitrogen and oxygen atoms in total. The molecular formula is C30H31N7O. The smallest absolute Gasteiger partial charge is 0.253 e. The quantitative estimate of drug-likeness (QED) is 0.374. The Morgan fingerprint density at radius 2 is 1.55 bits per heavy atom. The van der Waals surface area contributed by atoms with Crippen LogP contribution >= 0.6 is 0 Å². The van der Waals surface area contributed by atoms with Crippen LogP contribution in [0.1, 0.15) is 34.1 Å². The highest BCUT2D eigenvalue weighted by atomic mass is 16.1. The van der Waals surface area contributed by atoms with Gasteiger partial charge in [-0.05, 0) is 76.7 Å². The minimum Gasteiger partial charge on any atom is -0.369 e. The summed E-state index contributed by atoms with van der Waals surface area (Å²) < 4.78 is 1.83. The highest BCUT2D eigenvalue weighted by molar-refractivity contribution is 5.81. The SMILES string of the molecule is Cc1cc2cc([C@@H](c3nnnn3Cc3ccccc3)N3CCN(c4ccccc4)CC3)c(=O)[nH]c2cc1C. The lowest BCUT2D eigenvalue weighted by Gasteiger charge is -2.39. The zero-order valence-electron chi connectivity index (χ0n) is 21.7. The molecule has 0 amide bonds. The molecule has 0 saturated carbocycles. The summed E-state index contributed by atoms with van der Waals surface area (Å²) in [5.41, 5.74) is 6.07. The number of H-pyrrole nitrogens is 1. The number of tetrazole rings is 1. The molecule has 0 spiro atoms. The summed E-state index contributed by atoms with van der Waals surface area (Å²) in [6, 6.07) is 26.5. The van der Waals surface area contributed by atoms with Crippen LogP contribution in [-0.2, 0) is 6.54 Å². The van der Waals surface area contributed by atoms with Crippen LogP contribution in [0.3, 0.4) is 0 Å². The highest BCUT2D eigenvalue weighted by Crippen LogP contribution is 2.29. The first kappa shape index (κ1) is 24.1. The molecule has 0 bridgehead atoms. The number of anilines is 1. The Hall–Kier alpha value is -4.30. The molecule has 8 heteroatoms. The molecular weight excluding hydrogens is 474 g/mol. The number of aromatic nitrogens is 5. The van der Waals surface area contributed by atoms with E-state index in [1.54, 1.807) is 0 Å². The van der Waals surface area contributed by atoms with Gasteiger partial charge in [-0.1, -0.05) is 48.5 Å². The molecule has 6 rings (SSSR count). The Labute approximate surface area is 221 Å². The maximum Gasteiger partial charge on any atom is 0.253 e. The lowest BCUT2D eigenvalue weighted by atomic mass is 10.00. The predicted molar refractivity (Wildman–Crippen MR) is 149 cm³/mol. The lowest BCUT2D eigenvalue weighted by Crippen LogP contribution is -2.49. The molecule has 3 heterocycles. The molecule has 1 saturated heterocycles. The first-order valence-electron chi connectivity index (χ1n) is 13.0. The second kappa shape index (κ2) is 10.2. The van der Waals surface area contributed by atoms with Gasteiger partial charge in [-0.3, -0.25) is 9.69 Å².